The van der Waals surface area contributed by atoms with E-state index in [9.17, 15) is 19.7 Å². The summed E-state index contributed by atoms with van der Waals surface area (Å²) in [5, 5.41) is 13.8. The molecule has 0 aromatic heterocycles. The fourth-order valence-corrected chi connectivity index (χ4v) is 3.03. The lowest BCUT2D eigenvalue weighted by Gasteiger charge is -2.17. The maximum Gasteiger partial charge on any atom is 0.273 e. The Bertz CT molecular complexity index is 895. The number of anilines is 1. The highest BCUT2D eigenvalue weighted by atomic mass is 16.6. The molecule has 1 saturated heterocycles. The van der Waals surface area contributed by atoms with Crippen LogP contribution in [0.3, 0.4) is 0 Å². The smallest absolute Gasteiger partial charge is 0.273 e. The summed E-state index contributed by atoms with van der Waals surface area (Å²) in [7, 11) is 1.57. The van der Waals surface area contributed by atoms with Gasteiger partial charge in [-0.1, -0.05) is 6.07 Å². The van der Waals surface area contributed by atoms with Gasteiger partial charge in [0.2, 0.25) is 5.91 Å². The summed E-state index contributed by atoms with van der Waals surface area (Å²) in [6.07, 6.45) is 0.172. The minimum atomic E-state index is -0.517. The Hall–Kier alpha value is -3.42. The van der Waals surface area contributed by atoms with Crippen LogP contribution < -0.4 is 15.0 Å². The van der Waals surface area contributed by atoms with Crippen molar-refractivity contribution >= 4 is 23.2 Å². The molecule has 2 amide bonds. The highest BCUT2D eigenvalue weighted by molar-refractivity contribution is 5.99. The average molecular weight is 369 g/mol. The topological polar surface area (TPSA) is 102 Å². The standard InChI is InChI=1S/C19H19N3O5/c1-12-3-4-13(9-17(12)22(25)26)19(24)20-14-10-18(23)21(11-14)15-5-7-16(27-2)8-6-15/h3-9,14H,10-11H2,1-2H3,(H,20,24). The van der Waals surface area contributed by atoms with Gasteiger partial charge in [-0.05, 0) is 37.3 Å². The van der Waals surface area contributed by atoms with Gasteiger partial charge in [0, 0.05) is 35.8 Å². The monoisotopic (exact) mass is 369 g/mol. The van der Waals surface area contributed by atoms with Crippen LogP contribution in [-0.4, -0.2) is 36.4 Å². The fraction of sp³-hybridized carbons (Fsp3) is 0.263. The third-order valence-electron chi connectivity index (χ3n) is 4.51. The van der Waals surface area contributed by atoms with E-state index >= 15 is 0 Å². The van der Waals surface area contributed by atoms with Gasteiger partial charge in [-0.15, -0.1) is 0 Å². The zero-order chi connectivity index (χ0) is 19.6. The molecule has 1 aliphatic rings. The molecule has 1 N–H and O–H groups in total. The Morgan fingerprint density at radius 1 is 1.26 bits per heavy atom. The largest absolute Gasteiger partial charge is 0.497 e. The predicted molar refractivity (Wildman–Crippen MR) is 99.1 cm³/mol. The van der Waals surface area contributed by atoms with Crippen molar-refractivity contribution in [1.29, 1.82) is 0 Å². The van der Waals surface area contributed by atoms with Crippen molar-refractivity contribution in [1.82, 2.24) is 5.32 Å². The van der Waals surface area contributed by atoms with Crippen molar-refractivity contribution in [2.75, 3.05) is 18.6 Å². The number of rotatable bonds is 5. The number of nitro groups is 1. The second kappa shape index (κ2) is 7.45. The predicted octanol–water partition coefficient (Wildman–Crippen LogP) is 2.45. The summed E-state index contributed by atoms with van der Waals surface area (Å²) in [6.45, 7) is 1.95. The van der Waals surface area contributed by atoms with Crippen LogP contribution >= 0.6 is 0 Å². The Morgan fingerprint density at radius 2 is 1.96 bits per heavy atom. The molecule has 0 radical (unpaired) electrons. The molecule has 1 aliphatic heterocycles. The van der Waals surface area contributed by atoms with Crippen molar-refractivity contribution in [2.24, 2.45) is 0 Å². The molecule has 8 heteroatoms. The number of carbonyl (C=O) groups is 2. The molecule has 8 nitrogen and oxygen atoms in total. The van der Waals surface area contributed by atoms with E-state index in [1.165, 1.54) is 18.2 Å². The summed E-state index contributed by atoms with van der Waals surface area (Å²) in [6, 6.07) is 11.1. The number of nitro benzene ring substituents is 1. The first kappa shape index (κ1) is 18.4. The second-order valence-corrected chi connectivity index (χ2v) is 6.34. The molecule has 3 rings (SSSR count). The van der Waals surface area contributed by atoms with Crippen LogP contribution in [0.25, 0.3) is 0 Å². The normalized spacial score (nSPS) is 16.3. The summed E-state index contributed by atoms with van der Waals surface area (Å²) in [4.78, 5) is 36.9. The Morgan fingerprint density at radius 3 is 2.59 bits per heavy atom. The average Bonchev–Trinajstić information content (AvgIpc) is 3.02. The molecule has 140 valence electrons. The van der Waals surface area contributed by atoms with Gasteiger partial charge in [0.1, 0.15) is 5.75 Å². The lowest BCUT2D eigenvalue weighted by Crippen LogP contribution is -2.37. The number of nitrogens with one attached hydrogen (secondary N) is 1. The molecule has 0 saturated carbocycles. The van der Waals surface area contributed by atoms with Crippen LogP contribution in [-0.2, 0) is 4.79 Å². The molecule has 0 bridgehead atoms. The molecule has 1 fully saturated rings. The number of hydrogen-bond acceptors (Lipinski definition) is 5. The summed E-state index contributed by atoms with van der Waals surface area (Å²) in [5.41, 5.74) is 1.30. The molecule has 0 aliphatic carbocycles. The molecule has 2 aromatic rings. The first-order valence-corrected chi connectivity index (χ1v) is 8.39. The van der Waals surface area contributed by atoms with Crippen LogP contribution in [0.15, 0.2) is 42.5 Å². The molecule has 27 heavy (non-hydrogen) atoms. The van der Waals surface area contributed by atoms with Gasteiger partial charge in [0.05, 0.1) is 18.1 Å². The van der Waals surface area contributed by atoms with Gasteiger partial charge in [-0.25, -0.2) is 0 Å². The van der Waals surface area contributed by atoms with Crippen LogP contribution in [0.4, 0.5) is 11.4 Å². The van der Waals surface area contributed by atoms with E-state index in [1.54, 1.807) is 43.2 Å². The van der Waals surface area contributed by atoms with Gasteiger partial charge in [-0.2, -0.15) is 0 Å². The third-order valence-corrected chi connectivity index (χ3v) is 4.51. The number of nitrogens with zero attached hydrogens (tertiary/aromatic N) is 2. The first-order chi connectivity index (χ1) is 12.9. The van der Waals surface area contributed by atoms with Crippen LogP contribution in [0.5, 0.6) is 5.75 Å². The van der Waals surface area contributed by atoms with Crippen molar-refractivity contribution in [3.8, 4) is 5.75 Å². The van der Waals surface area contributed by atoms with E-state index in [1.807, 2.05) is 0 Å². The molecule has 1 atom stereocenters. The Balaban J connectivity index is 1.69. The van der Waals surface area contributed by atoms with Crippen LogP contribution in [0.2, 0.25) is 0 Å². The van der Waals surface area contributed by atoms with Gasteiger partial charge in [0.25, 0.3) is 11.6 Å². The maximum atomic E-state index is 12.4. The summed E-state index contributed by atoms with van der Waals surface area (Å²) < 4.78 is 5.11. The lowest BCUT2D eigenvalue weighted by molar-refractivity contribution is -0.385. The number of amides is 2. The van der Waals surface area contributed by atoms with Crippen molar-refractivity contribution in [2.45, 2.75) is 19.4 Å². The van der Waals surface area contributed by atoms with Crippen molar-refractivity contribution in [3.05, 3.63) is 63.7 Å². The van der Waals surface area contributed by atoms with E-state index in [2.05, 4.69) is 5.32 Å². The number of carbonyl (C=O) groups excluding carboxylic acids is 2. The minimum absolute atomic E-state index is 0.0969. The maximum absolute atomic E-state index is 12.4. The number of aryl methyl sites for hydroxylation is 1. The van der Waals surface area contributed by atoms with Crippen molar-refractivity contribution in [3.63, 3.8) is 0 Å². The lowest BCUT2D eigenvalue weighted by atomic mass is 10.1. The van der Waals surface area contributed by atoms with Crippen LogP contribution in [0, 0.1) is 17.0 Å². The first-order valence-electron chi connectivity index (χ1n) is 8.39. The molecular weight excluding hydrogens is 350 g/mol. The van der Waals surface area contributed by atoms with E-state index in [-0.39, 0.29) is 29.6 Å². The molecular formula is C19H19N3O5. The highest BCUT2D eigenvalue weighted by Gasteiger charge is 2.32. The summed E-state index contributed by atoms with van der Waals surface area (Å²) >= 11 is 0. The van der Waals surface area contributed by atoms with Gasteiger partial charge < -0.3 is 15.0 Å². The SMILES string of the molecule is COc1ccc(N2CC(NC(=O)c3ccc(C)c([N+](=O)[O-])c3)CC2=O)cc1. The second-order valence-electron chi connectivity index (χ2n) is 6.34. The molecule has 0 spiro atoms. The highest BCUT2D eigenvalue weighted by Crippen LogP contribution is 2.25. The number of ether oxygens (including phenoxy) is 1. The minimum Gasteiger partial charge on any atom is -0.497 e. The van der Waals surface area contributed by atoms with E-state index in [0.717, 1.165) is 5.69 Å². The zero-order valence-electron chi connectivity index (χ0n) is 15.0. The number of methoxy groups -OCH3 is 1. The Kier molecular flexibility index (Phi) is 5.07. The molecule has 1 unspecified atom stereocenters. The van der Waals surface area contributed by atoms with Gasteiger partial charge in [-0.3, -0.25) is 19.7 Å². The quantitative estimate of drug-likeness (QED) is 0.644. The Labute approximate surface area is 155 Å². The van der Waals surface area contributed by atoms with Crippen LogP contribution in [0.1, 0.15) is 22.3 Å². The number of hydrogen-bond donors (Lipinski definition) is 1. The van der Waals surface area contributed by atoms with E-state index in [0.29, 0.717) is 17.9 Å². The van der Waals surface area contributed by atoms with E-state index in [4.69, 9.17) is 4.74 Å². The summed E-state index contributed by atoms with van der Waals surface area (Å²) in [5.74, 6) is 0.157. The van der Waals surface area contributed by atoms with Gasteiger partial charge >= 0.3 is 0 Å². The molecule has 1 heterocycles. The zero-order valence-corrected chi connectivity index (χ0v) is 15.0. The third kappa shape index (κ3) is 3.89. The van der Waals surface area contributed by atoms with Gasteiger partial charge in [0.15, 0.2) is 0 Å². The van der Waals surface area contributed by atoms with E-state index < -0.39 is 10.8 Å². The fourth-order valence-electron chi connectivity index (χ4n) is 3.03. The molecule has 2 aromatic carbocycles. The number of benzene rings is 2. The van der Waals surface area contributed by atoms with Crippen molar-refractivity contribution < 1.29 is 19.2 Å².